The molecule has 1 rings (SSSR count). The van der Waals surface area contributed by atoms with Gasteiger partial charge in [0, 0.05) is 19.1 Å². The van der Waals surface area contributed by atoms with Crippen molar-refractivity contribution in [3.8, 4) is 0 Å². The van der Waals surface area contributed by atoms with Crippen molar-refractivity contribution in [2.75, 3.05) is 26.8 Å². The molecule has 0 aromatic carbocycles. The molecule has 2 N–H and O–H groups in total. The highest BCUT2D eigenvalue weighted by atomic mass is 16.5. The lowest BCUT2D eigenvalue weighted by Crippen LogP contribution is -2.43. The van der Waals surface area contributed by atoms with E-state index in [1.165, 1.54) is 0 Å². The van der Waals surface area contributed by atoms with Gasteiger partial charge in [-0.05, 0) is 32.9 Å². The number of carbonyl (C=O) groups is 1. The van der Waals surface area contributed by atoms with Crippen LogP contribution in [0.3, 0.4) is 0 Å². The lowest BCUT2D eigenvalue weighted by atomic mass is 9.97. The maximum atomic E-state index is 11.7. The van der Waals surface area contributed by atoms with Gasteiger partial charge in [-0.1, -0.05) is 0 Å². The molecule has 0 aliphatic carbocycles. The standard InChI is InChI=1S/C10H20N2O2/c1-8(7-14-2)12-10(13)9-3-5-11-6-4-9/h8-9,11H,3-7H2,1-2H3,(H,12,13). The van der Waals surface area contributed by atoms with Gasteiger partial charge in [-0.15, -0.1) is 0 Å². The summed E-state index contributed by atoms with van der Waals surface area (Å²) >= 11 is 0. The van der Waals surface area contributed by atoms with E-state index in [1.807, 2.05) is 6.92 Å². The van der Waals surface area contributed by atoms with Crippen LogP contribution in [-0.4, -0.2) is 38.8 Å². The third kappa shape index (κ3) is 3.64. The highest BCUT2D eigenvalue weighted by Crippen LogP contribution is 2.11. The largest absolute Gasteiger partial charge is 0.383 e. The highest BCUT2D eigenvalue weighted by Gasteiger charge is 2.21. The topological polar surface area (TPSA) is 50.4 Å². The summed E-state index contributed by atoms with van der Waals surface area (Å²) in [5, 5.41) is 6.20. The average Bonchev–Trinajstić information content (AvgIpc) is 2.19. The predicted molar refractivity (Wildman–Crippen MR) is 55.1 cm³/mol. The third-order valence-corrected chi connectivity index (χ3v) is 2.52. The summed E-state index contributed by atoms with van der Waals surface area (Å²) in [6, 6.07) is 0.113. The summed E-state index contributed by atoms with van der Waals surface area (Å²) in [4.78, 5) is 11.7. The van der Waals surface area contributed by atoms with Crippen molar-refractivity contribution in [2.24, 2.45) is 5.92 Å². The fraction of sp³-hybridized carbons (Fsp3) is 0.900. The first-order chi connectivity index (χ1) is 6.74. The van der Waals surface area contributed by atoms with Crippen molar-refractivity contribution in [2.45, 2.75) is 25.8 Å². The lowest BCUT2D eigenvalue weighted by Gasteiger charge is -2.23. The monoisotopic (exact) mass is 200 g/mol. The van der Waals surface area contributed by atoms with Crippen molar-refractivity contribution >= 4 is 5.91 Å². The molecule has 0 aromatic heterocycles. The van der Waals surface area contributed by atoms with Crippen molar-refractivity contribution < 1.29 is 9.53 Å². The average molecular weight is 200 g/mol. The first-order valence-electron chi connectivity index (χ1n) is 5.24. The number of hydrogen-bond donors (Lipinski definition) is 2. The van der Waals surface area contributed by atoms with Crippen molar-refractivity contribution in [3.05, 3.63) is 0 Å². The van der Waals surface area contributed by atoms with Crippen LogP contribution in [0.15, 0.2) is 0 Å². The fourth-order valence-electron chi connectivity index (χ4n) is 1.74. The number of carbonyl (C=O) groups excluding carboxylic acids is 1. The third-order valence-electron chi connectivity index (χ3n) is 2.52. The maximum absolute atomic E-state index is 11.7. The molecule has 4 heteroatoms. The van der Waals surface area contributed by atoms with Crippen LogP contribution in [0, 0.1) is 5.92 Å². The molecule has 1 atom stereocenters. The molecule has 0 bridgehead atoms. The van der Waals surface area contributed by atoms with Gasteiger partial charge in [0.2, 0.25) is 5.91 Å². The zero-order valence-electron chi connectivity index (χ0n) is 9.01. The molecule has 1 heterocycles. The molecule has 0 aromatic rings. The molecule has 1 amide bonds. The van der Waals surface area contributed by atoms with E-state index in [-0.39, 0.29) is 17.9 Å². The molecule has 0 saturated carbocycles. The van der Waals surface area contributed by atoms with Gasteiger partial charge in [0.15, 0.2) is 0 Å². The molecule has 1 unspecified atom stereocenters. The fourth-order valence-corrected chi connectivity index (χ4v) is 1.74. The molecule has 82 valence electrons. The molecule has 0 spiro atoms. The molecular weight excluding hydrogens is 180 g/mol. The van der Waals surface area contributed by atoms with E-state index in [0.717, 1.165) is 25.9 Å². The van der Waals surface area contributed by atoms with Gasteiger partial charge in [0.1, 0.15) is 0 Å². The van der Waals surface area contributed by atoms with Crippen LogP contribution in [0.4, 0.5) is 0 Å². The second-order valence-electron chi connectivity index (χ2n) is 3.89. The quantitative estimate of drug-likeness (QED) is 0.678. The van der Waals surface area contributed by atoms with Crippen LogP contribution in [0.2, 0.25) is 0 Å². The Morgan fingerprint density at radius 2 is 2.21 bits per heavy atom. The smallest absolute Gasteiger partial charge is 0.223 e. The maximum Gasteiger partial charge on any atom is 0.223 e. The van der Waals surface area contributed by atoms with E-state index in [9.17, 15) is 4.79 Å². The molecule has 0 radical (unpaired) electrons. The van der Waals surface area contributed by atoms with Gasteiger partial charge in [-0.3, -0.25) is 4.79 Å². The summed E-state index contributed by atoms with van der Waals surface area (Å²) < 4.78 is 4.96. The van der Waals surface area contributed by atoms with Crippen LogP contribution in [0.1, 0.15) is 19.8 Å². The Kier molecular flexibility index (Phi) is 4.90. The zero-order chi connectivity index (χ0) is 10.4. The summed E-state index contributed by atoms with van der Waals surface area (Å²) in [5.41, 5.74) is 0. The Balaban J connectivity index is 2.25. The van der Waals surface area contributed by atoms with Gasteiger partial charge in [0.25, 0.3) is 0 Å². The molecule has 1 saturated heterocycles. The van der Waals surface area contributed by atoms with Crippen LogP contribution < -0.4 is 10.6 Å². The van der Waals surface area contributed by atoms with Crippen molar-refractivity contribution in [1.29, 1.82) is 0 Å². The van der Waals surface area contributed by atoms with E-state index in [4.69, 9.17) is 4.74 Å². The summed E-state index contributed by atoms with van der Waals surface area (Å²) in [6.07, 6.45) is 1.90. The number of ether oxygens (including phenoxy) is 1. The van der Waals surface area contributed by atoms with Gasteiger partial charge in [0.05, 0.1) is 6.61 Å². The Hall–Kier alpha value is -0.610. The SMILES string of the molecule is COCC(C)NC(=O)C1CCNCC1. The molecule has 1 aliphatic heterocycles. The van der Waals surface area contributed by atoms with Gasteiger partial charge >= 0.3 is 0 Å². The second-order valence-corrected chi connectivity index (χ2v) is 3.89. The Labute approximate surface area is 85.4 Å². The zero-order valence-corrected chi connectivity index (χ0v) is 9.01. The van der Waals surface area contributed by atoms with Crippen LogP contribution in [0.25, 0.3) is 0 Å². The van der Waals surface area contributed by atoms with E-state index < -0.39 is 0 Å². The number of rotatable bonds is 4. The second kappa shape index (κ2) is 5.98. The van der Waals surface area contributed by atoms with Crippen LogP contribution >= 0.6 is 0 Å². The van der Waals surface area contributed by atoms with Gasteiger partial charge in [-0.2, -0.15) is 0 Å². The summed E-state index contributed by atoms with van der Waals surface area (Å²) in [5.74, 6) is 0.367. The molecule has 4 nitrogen and oxygen atoms in total. The first kappa shape index (κ1) is 11.5. The van der Waals surface area contributed by atoms with Gasteiger partial charge in [-0.25, -0.2) is 0 Å². The van der Waals surface area contributed by atoms with E-state index in [1.54, 1.807) is 7.11 Å². The minimum Gasteiger partial charge on any atom is -0.383 e. The number of hydrogen-bond acceptors (Lipinski definition) is 3. The molecule has 14 heavy (non-hydrogen) atoms. The Bertz CT molecular complexity index is 179. The van der Waals surface area contributed by atoms with Gasteiger partial charge < -0.3 is 15.4 Å². The predicted octanol–water partition coefficient (Wildman–Crippen LogP) is 0.137. The number of methoxy groups -OCH3 is 1. The Morgan fingerprint density at radius 1 is 1.57 bits per heavy atom. The minimum atomic E-state index is 0.113. The minimum absolute atomic E-state index is 0.113. The molecule has 1 fully saturated rings. The number of piperidine rings is 1. The van der Waals surface area contributed by atoms with E-state index >= 15 is 0 Å². The van der Waals surface area contributed by atoms with E-state index in [2.05, 4.69) is 10.6 Å². The van der Waals surface area contributed by atoms with Crippen molar-refractivity contribution in [3.63, 3.8) is 0 Å². The highest BCUT2D eigenvalue weighted by molar-refractivity contribution is 5.79. The van der Waals surface area contributed by atoms with Crippen LogP contribution in [0.5, 0.6) is 0 Å². The molecular formula is C10H20N2O2. The Morgan fingerprint density at radius 3 is 2.79 bits per heavy atom. The number of nitrogens with one attached hydrogen (secondary N) is 2. The van der Waals surface area contributed by atoms with E-state index in [0.29, 0.717) is 6.61 Å². The lowest BCUT2D eigenvalue weighted by molar-refractivity contribution is -0.126. The summed E-state index contributed by atoms with van der Waals surface area (Å²) in [6.45, 7) is 4.45. The number of amides is 1. The molecule has 1 aliphatic rings. The first-order valence-corrected chi connectivity index (χ1v) is 5.24. The summed E-state index contributed by atoms with van der Waals surface area (Å²) in [7, 11) is 1.65. The van der Waals surface area contributed by atoms with Crippen molar-refractivity contribution in [1.82, 2.24) is 10.6 Å². The van der Waals surface area contributed by atoms with Crippen LogP contribution in [-0.2, 0) is 9.53 Å². The normalized spacial score (nSPS) is 20.4.